The number of nitrogens with zero attached hydrogens (tertiary/aromatic N) is 4. The Morgan fingerprint density at radius 1 is 0.884 bits per heavy atom. The fourth-order valence-corrected chi connectivity index (χ4v) is 5.12. The van der Waals surface area contributed by atoms with Gasteiger partial charge in [0.1, 0.15) is 5.82 Å². The molecule has 0 saturated carbocycles. The molecule has 0 unspecified atom stereocenters. The lowest BCUT2D eigenvalue weighted by Crippen LogP contribution is -2.39. The zero-order valence-corrected chi connectivity index (χ0v) is 23.3. The zero-order valence-electron chi connectivity index (χ0n) is 23.3. The van der Waals surface area contributed by atoms with Gasteiger partial charge in [0, 0.05) is 24.4 Å². The van der Waals surface area contributed by atoms with Gasteiger partial charge in [-0.1, -0.05) is 30.3 Å². The quantitative estimate of drug-likeness (QED) is 0.203. The van der Waals surface area contributed by atoms with Crippen molar-refractivity contribution in [2.45, 2.75) is 13.5 Å². The molecule has 0 bridgehead atoms. The third kappa shape index (κ3) is 4.93. The first-order valence-corrected chi connectivity index (χ1v) is 13.5. The van der Waals surface area contributed by atoms with Crippen LogP contribution in [0, 0.1) is 5.82 Å². The molecule has 10 heteroatoms. The second kappa shape index (κ2) is 11.0. The third-order valence-electron chi connectivity index (χ3n) is 7.27. The van der Waals surface area contributed by atoms with Gasteiger partial charge in [-0.2, -0.15) is 0 Å². The van der Waals surface area contributed by atoms with Gasteiger partial charge in [-0.05, 0) is 67.1 Å². The van der Waals surface area contributed by atoms with E-state index < -0.39 is 28.8 Å². The highest BCUT2D eigenvalue weighted by molar-refractivity contribution is 6.09. The molecule has 3 aromatic heterocycles. The van der Waals surface area contributed by atoms with E-state index in [9.17, 15) is 23.6 Å². The van der Waals surface area contributed by atoms with Crippen molar-refractivity contribution in [3.8, 4) is 11.3 Å². The average molecular weight is 577 g/mol. The molecule has 0 amide bonds. The number of carbonyl (C=O) groups excluding carboxylic acids is 2. The van der Waals surface area contributed by atoms with Crippen molar-refractivity contribution < 1.29 is 18.7 Å². The largest absolute Gasteiger partial charge is 0.462 e. The molecule has 0 N–H and O–H groups in total. The highest BCUT2D eigenvalue weighted by Gasteiger charge is 2.22. The van der Waals surface area contributed by atoms with Crippen LogP contribution in [0.3, 0.4) is 0 Å². The minimum absolute atomic E-state index is 0.0565. The number of benzene rings is 3. The summed E-state index contributed by atoms with van der Waals surface area (Å²) in [5.41, 5.74) is 2.20. The van der Waals surface area contributed by atoms with Crippen molar-refractivity contribution in [1.29, 1.82) is 0 Å². The second-order valence-corrected chi connectivity index (χ2v) is 9.96. The summed E-state index contributed by atoms with van der Waals surface area (Å²) in [6.45, 7) is 1.92. The molecule has 0 fully saturated rings. The number of imidazole rings is 1. The lowest BCUT2D eigenvalue weighted by molar-refractivity contribution is 0.0526. The molecule has 43 heavy (non-hydrogen) atoms. The molecule has 3 aromatic carbocycles. The van der Waals surface area contributed by atoms with Crippen LogP contribution < -0.4 is 11.2 Å². The first kappa shape index (κ1) is 27.5. The maximum atomic E-state index is 13.9. The monoisotopic (exact) mass is 576 g/mol. The number of halogens is 1. The molecule has 6 aromatic rings. The average Bonchev–Trinajstić information content (AvgIpc) is 3.42. The first-order valence-electron chi connectivity index (χ1n) is 13.5. The van der Waals surface area contributed by atoms with Gasteiger partial charge in [0.2, 0.25) is 5.78 Å². The molecule has 0 saturated heterocycles. The molecule has 0 atom stereocenters. The minimum atomic E-state index is -0.568. The predicted molar refractivity (Wildman–Crippen MR) is 159 cm³/mol. The highest BCUT2D eigenvalue weighted by Crippen LogP contribution is 2.27. The van der Waals surface area contributed by atoms with Crippen LogP contribution >= 0.6 is 0 Å². The number of esters is 1. The number of ketones is 1. The summed E-state index contributed by atoms with van der Waals surface area (Å²) < 4.78 is 22.6. The van der Waals surface area contributed by atoms with E-state index >= 15 is 0 Å². The molecule has 3 heterocycles. The summed E-state index contributed by atoms with van der Waals surface area (Å²) in [4.78, 5) is 57.5. The van der Waals surface area contributed by atoms with Crippen molar-refractivity contribution in [2.24, 2.45) is 7.05 Å². The fraction of sp³-hybridized carbons (Fsp3) is 0.121. The van der Waals surface area contributed by atoms with Crippen molar-refractivity contribution >= 4 is 28.2 Å². The van der Waals surface area contributed by atoms with Crippen LogP contribution in [-0.2, 0) is 18.3 Å². The fourth-order valence-electron chi connectivity index (χ4n) is 5.12. The van der Waals surface area contributed by atoms with Gasteiger partial charge in [-0.15, -0.1) is 0 Å². The van der Waals surface area contributed by atoms with Crippen LogP contribution in [0.1, 0.15) is 39.0 Å². The van der Waals surface area contributed by atoms with E-state index in [0.29, 0.717) is 33.4 Å². The van der Waals surface area contributed by atoms with Crippen molar-refractivity contribution in [1.82, 2.24) is 18.5 Å². The van der Waals surface area contributed by atoms with Crippen LogP contribution in [0.4, 0.5) is 4.39 Å². The molecule has 0 aliphatic rings. The topological polar surface area (TPSA) is 105 Å². The maximum Gasteiger partial charge on any atom is 0.338 e. The number of pyridine rings is 1. The van der Waals surface area contributed by atoms with E-state index in [2.05, 4.69) is 4.98 Å². The summed E-state index contributed by atoms with van der Waals surface area (Å²) in [5.74, 6) is -1.20. The molecule has 0 radical (unpaired) electrons. The van der Waals surface area contributed by atoms with Gasteiger partial charge in [0.15, 0.2) is 5.82 Å². The number of carbonyl (C=O) groups is 2. The number of rotatable bonds is 7. The number of ether oxygens (including phenoxy) is 1. The minimum Gasteiger partial charge on any atom is -0.462 e. The van der Waals surface area contributed by atoms with E-state index in [0.717, 1.165) is 4.57 Å². The number of aryl methyl sites for hydroxylation is 1. The number of aromatic nitrogens is 4. The number of hydrogen-bond donors (Lipinski definition) is 0. The Bertz CT molecular complexity index is 2180. The van der Waals surface area contributed by atoms with Crippen LogP contribution in [0.15, 0.2) is 101 Å². The molecule has 6 rings (SSSR count). The summed E-state index contributed by atoms with van der Waals surface area (Å²) in [5, 5.41) is 0.179. The Morgan fingerprint density at radius 3 is 2.44 bits per heavy atom. The van der Waals surface area contributed by atoms with Crippen LogP contribution in [0.5, 0.6) is 0 Å². The van der Waals surface area contributed by atoms with Gasteiger partial charge in [0.05, 0.1) is 40.8 Å². The molecule has 0 spiro atoms. The summed E-state index contributed by atoms with van der Waals surface area (Å²) in [6.07, 6.45) is 1.72. The van der Waals surface area contributed by atoms with Gasteiger partial charge >= 0.3 is 11.7 Å². The van der Waals surface area contributed by atoms with E-state index in [1.165, 1.54) is 34.9 Å². The molecule has 214 valence electrons. The highest BCUT2D eigenvalue weighted by atomic mass is 19.1. The Balaban J connectivity index is 1.45. The third-order valence-corrected chi connectivity index (χ3v) is 7.27. The summed E-state index contributed by atoms with van der Waals surface area (Å²) in [6, 6.07) is 22.4. The van der Waals surface area contributed by atoms with Crippen molar-refractivity contribution in [2.75, 3.05) is 6.61 Å². The van der Waals surface area contributed by atoms with E-state index in [4.69, 9.17) is 4.74 Å². The Hall–Kier alpha value is -5.64. The van der Waals surface area contributed by atoms with Gasteiger partial charge < -0.3 is 4.74 Å². The Morgan fingerprint density at radius 2 is 1.67 bits per heavy atom. The molecule has 0 aliphatic carbocycles. The first-order chi connectivity index (χ1) is 20.8. The van der Waals surface area contributed by atoms with E-state index in [-0.39, 0.29) is 29.9 Å². The summed E-state index contributed by atoms with van der Waals surface area (Å²) in [7, 11) is 1.55. The molecular weight excluding hydrogens is 551 g/mol. The number of fused-ring (bicyclic) bond motifs is 2. The van der Waals surface area contributed by atoms with Crippen LogP contribution in [-0.4, -0.2) is 36.9 Å². The molecular formula is C33H25FN4O5. The molecule has 9 nitrogen and oxygen atoms in total. The standard InChI is InChI=1S/C33H25FN4O5/c1-3-43-32(41)23-8-6-7-21(17-23)28-27-9-4-5-16-37(27)30(35-28)29(39)22-12-15-26-25(18-22)31(40)38(33(42)36(26)2)19-20-10-13-24(34)14-11-20/h4-18H,3,19H2,1-2H3. The van der Waals surface area contributed by atoms with Gasteiger partial charge in [-0.25, -0.2) is 19.0 Å². The zero-order chi connectivity index (χ0) is 30.2. The SMILES string of the molecule is CCOC(=O)c1cccc(-c2nc(C(=O)c3ccc4c(c3)c(=O)n(Cc3ccc(F)cc3)c(=O)n4C)n3ccccc23)c1. The second-order valence-electron chi connectivity index (χ2n) is 9.96. The number of hydrogen-bond acceptors (Lipinski definition) is 6. The normalized spacial score (nSPS) is 11.2. The van der Waals surface area contributed by atoms with Gasteiger partial charge in [0.25, 0.3) is 5.56 Å². The van der Waals surface area contributed by atoms with Crippen molar-refractivity contribution in [3.63, 3.8) is 0 Å². The van der Waals surface area contributed by atoms with Gasteiger partial charge in [-0.3, -0.25) is 23.1 Å². The summed E-state index contributed by atoms with van der Waals surface area (Å²) >= 11 is 0. The maximum absolute atomic E-state index is 13.9. The smallest absolute Gasteiger partial charge is 0.338 e. The predicted octanol–water partition coefficient (Wildman–Crippen LogP) is 4.61. The van der Waals surface area contributed by atoms with Crippen LogP contribution in [0.25, 0.3) is 27.7 Å². The Kier molecular flexibility index (Phi) is 7.03. The van der Waals surface area contributed by atoms with Crippen LogP contribution in [0.2, 0.25) is 0 Å². The lowest BCUT2D eigenvalue weighted by Gasteiger charge is -2.12. The van der Waals surface area contributed by atoms with Crippen molar-refractivity contribution in [3.05, 3.63) is 140 Å². The van der Waals surface area contributed by atoms with E-state index in [1.807, 2.05) is 12.1 Å². The molecule has 0 aliphatic heterocycles. The Labute approximate surface area is 244 Å². The lowest BCUT2D eigenvalue weighted by atomic mass is 10.1. The van der Waals surface area contributed by atoms with E-state index in [1.54, 1.807) is 67.0 Å².